The van der Waals surface area contributed by atoms with Crippen molar-refractivity contribution >= 4 is 17.8 Å². The van der Waals surface area contributed by atoms with Crippen molar-refractivity contribution in [2.24, 2.45) is 5.92 Å². The summed E-state index contributed by atoms with van der Waals surface area (Å²) in [4.78, 5) is 25.3. The number of hydrogen-bond donors (Lipinski definition) is 0. The summed E-state index contributed by atoms with van der Waals surface area (Å²) in [6.07, 6.45) is 6.56. The molecule has 0 radical (unpaired) electrons. The Labute approximate surface area is 89.3 Å². The quantitative estimate of drug-likeness (QED) is 0.306. The predicted molar refractivity (Wildman–Crippen MR) is 55.5 cm³/mol. The largest absolute Gasteiger partial charge is 0.361 e. The molecule has 1 fully saturated rings. The first-order chi connectivity index (χ1) is 7.24. The Morgan fingerprint density at radius 2 is 2.27 bits per heavy atom. The molecule has 4 nitrogen and oxygen atoms in total. The molecule has 0 N–H and O–H groups in total. The molecule has 0 saturated heterocycles. The highest BCUT2D eigenvalue weighted by atomic mass is 16.1. The van der Waals surface area contributed by atoms with E-state index in [1.807, 2.05) is 0 Å². The Morgan fingerprint density at radius 3 is 3.00 bits per heavy atom. The Morgan fingerprint density at radius 1 is 1.47 bits per heavy atom. The van der Waals surface area contributed by atoms with Crippen LogP contribution in [0.25, 0.3) is 5.53 Å². The van der Waals surface area contributed by atoms with Gasteiger partial charge in [-0.15, -0.1) is 0 Å². The van der Waals surface area contributed by atoms with Gasteiger partial charge in [-0.1, -0.05) is 12.8 Å². The van der Waals surface area contributed by atoms with Crippen LogP contribution < -0.4 is 0 Å². The zero-order valence-electron chi connectivity index (χ0n) is 8.82. The van der Waals surface area contributed by atoms with Gasteiger partial charge in [-0.2, -0.15) is 4.79 Å². The lowest BCUT2D eigenvalue weighted by Gasteiger charge is -2.10. The fourth-order valence-corrected chi connectivity index (χ4v) is 1.98. The highest BCUT2D eigenvalue weighted by Gasteiger charge is 2.21. The molecular formula is C11H16N2O2. The second kappa shape index (κ2) is 6.25. The predicted octanol–water partition coefficient (Wildman–Crippen LogP) is 1.79. The minimum Gasteiger partial charge on any atom is -0.361 e. The number of Topliss-reactive ketones (excluding diaryl/α,β-unsaturated/α-hetero) is 2. The lowest BCUT2D eigenvalue weighted by atomic mass is 9.93. The van der Waals surface area contributed by atoms with Crippen molar-refractivity contribution in [2.75, 3.05) is 0 Å². The molecule has 0 spiro atoms. The van der Waals surface area contributed by atoms with E-state index >= 15 is 0 Å². The van der Waals surface area contributed by atoms with Gasteiger partial charge in [-0.3, -0.25) is 9.59 Å². The van der Waals surface area contributed by atoms with Crippen molar-refractivity contribution in [2.45, 2.75) is 44.9 Å². The van der Waals surface area contributed by atoms with E-state index < -0.39 is 0 Å². The van der Waals surface area contributed by atoms with E-state index in [0.717, 1.165) is 31.9 Å². The lowest BCUT2D eigenvalue weighted by Crippen LogP contribution is -2.14. The zero-order valence-corrected chi connectivity index (χ0v) is 8.82. The summed E-state index contributed by atoms with van der Waals surface area (Å²) < 4.78 is 0. The summed E-state index contributed by atoms with van der Waals surface area (Å²) in [6.45, 7) is 0. The summed E-state index contributed by atoms with van der Waals surface area (Å²) in [5.74, 6) is 0.124. The monoisotopic (exact) mass is 208 g/mol. The Bertz CT molecular complexity index is 293. The number of ketones is 2. The van der Waals surface area contributed by atoms with Gasteiger partial charge < -0.3 is 5.53 Å². The van der Waals surface area contributed by atoms with Gasteiger partial charge in [0.2, 0.25) is 5.78 Å². The molecule has 1 unspecified atom stereocenters. The van der Waals surface area contributed by atoms with Crippen LogP contribution in [0.1, 0.15) is 44.9 Å². The first kappa shape index (κ1) is 11.8. The average molecular weight is 208 g/mol. The van der Waals surface area contributed by atoms with Crippen LogP contribution in [-0.2, 0) is 9.59 Å². The molecule has 1 aliphatic carbocycles. The molecular weight excluding hydrogens is 192 g/mol. The molecule has 0 aromatic heterocycles. The maximum Gasteiger partial charge on any atom is 0.323 e. The molecule has 1 atom stereocenters. The molecule has 4 heteroatoms. The van der Waals surface area contributed by atoms with Crippen LogP contribution in [0.15, 0.2) is 0 Å². The highest BCUT2D eigenvalue weighted by molar-refractivity contribution is 6.25. The van der Waals surface area contributed by atoms with Gasteiger partial charge in [-0.05, 0) is 19.3 Å². The third-order valence-electron chi connectivity index (χ3n) is 2.87. The van der Waals surface area contributed by atoms with Gasteiger partial charge in [-0.25, -0.2) is 0 Å². The number of carbonyl (C=O) groups is 2. The molecule has 1 aliphatic rings. The summed E-state index contributed by atoms with van der Waals surface area (Å²) >= 11 is 0. The summed E-state index contributed by atoms with van der Waals surface area (Å²) in [7, 11) is 0. The van der Waals surface area contributed by atoms with Crippen molar-refractivity contribution in [3.63, 3.8) is 0 Å². The number of hydrogen-bond acceptors (Lipinski definition) is 2. The maximum atomic E-state index is 11.6. The van der Waals surface area contributed by atoms with E-state index in [1.54, 1.807) is 0 Å². The lowest BCUT2D eigenvalue weighted by molar-refractivity contribution is -0.123. The van der Waals surface area contributed by atoms with Crippen molar-refractivity contribution in [1.29, 1.82) is 0 Å². The molecule has 0 aromatic rings. The van der Waals surface area contributed by atoms with Gasteiger partial charge in [0.25, 0.3) is 0 Å². The smallest absolute Gasteiger partial charge is 0.323 e. The third kappa shape index (κ3) is 4.17. The Kier molecular flexibility index (Phi) is 4.91. The molecule has 82 valence electrons. The van der Waals surface area contributed by atoms with Crippen molar-refractivity contribution in [3.8, 4) is 0 Å². The third-order valence-corrected chi connectivity index (χ3v) is 2.87. The van der Waals surface area contributed by atoms with Crippen LogP contribution in [0.4, 0.5) is 0 Å². The van der Waals surface area contributed by atoms with E-state index in [1.165, 1.54) is 0 Å². The molecule has 0 heterocycles. The molecule has 1 rings (SSSR count). The molecule has 15 heavy (non-hydrogen) atoms. The highest BCUT2D eigenvalue weighted by Crippen LogP contribution is 2.23. The molecule has 0 bridgehead atoms. The molecule has 0 amide bonds. The molecule has 0 aliphatic heterocycles. The van der Waals surface area contributed by atoms with Crippen LogP contribution in [0.3, 0.4) is 0 Å². The normalized spacial score (nSPS) is 21.6. The van der Waals surface area contributed by atoms with Crippen molar-refractivity contribution in [3.05, 3.63) is 5.53 Å². The fourth-order valence-electron chi connectivity index (χ4n) is 1.98. The number of carbonyl (C=O) groups excluding carboxylic acids is 2. The van der Waals surface area contributed by atoms with Gasteiger partial charge in [0.1, 0.15) is 5.78 Å². The van der Waals surface area contributed by atoms with E-state index in [0.29, 0.717) is 25.0 Å². The first-order valence-electron chi connectivity index (χ1n) is 5.47. The number of nitrogens with zero attached hydrogens (tertiary/aromatic N) is 2. The van der Waals surface area contributed by atoms with Gasteiger partial charge >= 0.3 is 6.21 Å². The molecule has 0 aromatic carbocycles. The standard InChI is InChI=1S/C11H16N2O2/c12-13-8-10(14)7-6-9-4-2-1-3-5-11(9)15/h8-9H,1-7H2. The topological polar surface area (TPSA) is 70.5 Å². The fraction of sp³-hybridized carbons (Fsp3) is 0.727. The Balaban J connectivity index is 2.38. The van der Waals surface area contributed by atoms with Gasteiger partial charge in [0.15, 0.2) is 0 Å². The van der Waals surface area contributed by atoms with Crippen molar-refractivity contribution < 1.29 is 14.4 Å². The summed E-state index contributed by atoms with van der Waals surface area (Å²) in [5.41, 5.74) is 8.15. The minimum atomic E-state index is -0.213. The maximum absolute atomic E-state index is 11.6. The van der Waals surface area contributed by atoms with Crippen LogP contribution in [-0.4, -0.2) is 22.6 Å². The second-order valence-electron chi connectivity index (χ2n) is 4.01. The SMILES string of the molecule is [N-]=[N+]=CC(=O)CCC1CCCCCC1=O. The Hall–Kier alpha value is -1.28. The van der Waals surface area contributed by atoms with Crippen molar-refractivity contribution in [1.82, 2.24) is 0 Å². The van der Waals surface area contributed by atoms with Crippen LogP contribution in [0.2, 0.25) is 0 Å². The van der Waals surface area contributed by atoms with Gasteiger partial charge in [0.05, 0.1) is 0 Å². The summed E-state index contributed by atoms with van der Waals surface area (Å²) in [5, 5.41) is 0. The second-order valence-corrected chi connectivity index (χ2v) is 4.01. The average Bonchev–Trinajstić information content (AvgIpc) is 2.41. The van der Waals surface area contributed by atoms with Crippen LogP contribution in [0.5, 0.6) is 0 Å². The summed E-state index contributed by atoms with van der Waals surface area (Å²) in [6, 6.07) is 0. The van der Waals surface area contributed by atoms with E-state index in [9.17, 15) is 9.59 Å². The van der Waals surface area contributed by atoms with E-state index in [4.69, 9.17) is 5.53 Å². The van der Waals surface area contributed by atoms with Crippen LogP contribution in [0, 0.1) is 5.92 Å². The molecule has 1 saturated carbocycles. The van der Waals surface area contributed by atoms with E-state index in [2.05, 4.69) is 4.79 Å². The number of rotatable bonds is 4. The van der Waals surface area contributed by atoms with E-state index in [-0.39, 0.29) is 11.7 Å². The first-order valence-corrected chi connectivity index (χ1v) is 5.47. The minimum absolute atomic E-state index is 0.0449. The van der Waals surface area contributed by atoms with Gasteiger partial charge in [0, 0.05) is 18.8 Å². The zero-order chi connectivity index (χ0) is 11.1. The van der Waals surface area contributed by atoms with Crippen LogP contribution >= 0.6 is 0 Å².